The fourth-order valence-corrected chi connectivity index (χ4v) is 3.69. The van der Waals surface area contributed by atoms with E-state index in [4.69, 9.17) is 5.26 Å². The molecule has 0 aliphatic carbocycles. The zero-order valence-electron chi connectivity index (χ0n) is 8.35. The lowest BCUT2D eigenvalue weighted by Crippen LogP contribution is -2.34. The molecule has 2 heteroatoms. The predicted octanol–water partition coefficient (Wildman–Crippen LogP) is 3.07. The molecule has 1 unspecified atom stereocenters. The molecule has 0 spiro atoms. The van der Waals surface area contributed by atoms with Gasteiger partial charge < -0.3 is 0 Å². The van der Waals surface area contributed by atoms with Gasteiger partial charge in [-0.05, 0) is 31.9 Å². The lowest BCUT2D eigenvalue weighted by atomic mass is 9.72. The molecule has 1 nitrogen and oxygen atoms in total. The number of nitriles is 1. The molecule has 0 aromatic carbocycles. The Balaban J connectivity index is 2.84. The lowest BCUT2D eigenvalue weighted by Gasteiger charge is -2.34. The molecule has 0 aromatic heterocycles. The highest BCUT2D eigenvalue weighted by molar-refractivity contribution is 8.00. The van der Waals surface area contributed by atoms with Crippen LogP contribution in [0.25, 0.3) is 0 Å². The number of thioether (sulfide) groups is 1. The van der Waals surface area contributed by atoms with Crippen molar-refractivity contribution in [3.05, 3.63) is 0 Å². The van der Waals surface area contributed by atoms with E-state index in [1.807, 2.05) is 11.8 Å². The summed E-state index contributed by atoms with van der Waals surface area (Å²) >= 11 is 2.00. The lowest BCUT2D eigenvalue weighted by molar-refractivity contribution is 0.249. The Bertz CT molecular complexity index is 212. The van der Waals surface area contributed by atoms with E-state index < -0.39 is 0 Å². The first-order valence-electron chi connectivity index (χ1n) is 4.45. The van der Waals surface area contributed by atoms with Crippen molar-refractivity contribution in [1.29, 1.82) is 5.26 Å². The third-order valence-corrected chi connectivity index (χ3v) is 4.35. The van der Waals surface area contributed by atoms with Crippen molar-refractivity contribution in [2.45, 2.75) is 38.9 Å². The van der Waals surface area contributed by atoms with Gasteiger partial charge in [0.25, 0.3) is 0 Å². The van der Waals surface area contributed by atoms with E-state index in [-0.39, 0.29) is 5.41 Å². The Morgan fingerprint density at radius 2 is 2.08 bits per heavy atom. The van der Waals surface area contributed by atoms with Crippen LogP contribution in [0, 0.1) is 22.7 Å². The van der Waals surface area contributed by atoms with E-state index in [2.05, 4.69) is 33.8 Å². The summed E-state index contributed by atoms with van der Waals surface area (Å²) in [6, 6.07) is 2.43. The molecule has 0 aromatic rings. The minimum atomic E-state index is -0.160. The van der Waals surface area contributed by atoms with Gasteiger partial charge in [-0.3, -0.25) is 0 Å². The summed E-state index contributed by atoms with van der Waals surface area (Å²) in [7, 11) is 0. The summed E-state index contributed by atoms with van der Waals surface area (Å²) in [6.07, 6.45) is 1.19. The monoisotopic (exact) mass is 183 g/mol. The molecular formula is C10H17NS. The van der Waals surface area contributed by atoms with Gasteiger partial charge in [-0.2, -0.15) is 17.0 Å². The summed E-state index contributed by atoms with van der Waals surface area (Å²) in [5, 5.41) is 9.03. The molecule has 1 aliphatic heterocycles. The highest BCUT2D eigenvalue weighted by atomic mass is 32.2. The smallest absolute Gasteiger partial charge is 0.0687 e. The van der Waals surface area contributed by atoms with Crippen molar-refractivity contribution in [3.8, 4) is 6.07 Å². The molecular weight excluding hydrogens is 166 g/mol. The quantitative estimate of drug-likeness (QED) is 0.624. The zero-order chi connectivity index (χ0) is 9.41. The summed E-state index contributed by atoms with van der Waals surface area (Å²) in [4.78, 5) is 0. The maximum absolute atomic E-state index is 9.03. The predicted molar refractivity (Wildman–Crippen MR) is 54.0 cm³/mol. The minimum Gasteiger partial charge on any atom is -0.198 e. The Hall–Kier alpha value is -0.160. The molecule has 0 amide bonds. The molecule has 1 fully saturated rings. The van der Waals surface area contributed by atoms with Gasteiger partial charge in [-0.25, -0.2) is 0 Å². The zero-order valence-corrected chi connectivity index (χ0v) is 9.16. The molecule has 0 N–H and O–H groups in total. The normalized spacial score (nSPS) is 28.4. The standard InChI is InChI=1S/C10H17NS/c1-9(2,7-11)8-5-6-12-10(8,3)4/h8H,5-6H2,1-4H3. The minimum absolute atomic E-state index is 0.160. The molecule has 1 aliphatic rings. The highest BCUT2D eigenvalue weighted by Gasteiger charge is 2.44. The van der Waals surface area contributed by atoms with Crippen LogP contribution in [0.15, 0.2) is 0 Å². The average molecular weight is 183 g/mol. The molecule has 0 radical (unpaired) electrons. The summed E-state index contributed by atoms with van der Waals surface area (Å²) in [5.41, 5.74) is -0.160. The van der Waals surface area contributed by atoms with Crippen molar-refractivity contribution < 1.29 is 0 Å². The van der Waals surface area contributed by atoms with E-state index in [1.165, 1.54) is 12.2 Å². The van der Waals surface area contributed by atoms with Crippen LogP contribution in [-0.2, 0) is 0 Å². The summed E-state index contributed by atoms with van der Waals surface area (Å²) < 4.78 is 0.291. The van der Waals surface area contributed by atoms with Crippen LogP contribution < -0.4 is 0 Å². The number of hydrogen-bond acceptors (Lipinski definition) is 2. The van der Waals surface area contributed by atoms with Gasteiger partial charge in [0.05, 0.1) is 11.5 Å². The van der Waals surface area contributed by atoms with Gasteiger partial charge in [0.15, 0.2) is 0 Å². The number of rotatable bonds is 1. The van der Waals surface area contributed by atoms with Gasteiger partial charge >= 0.3 is 0 Å². The van der Waals surface area contributed by atoms with Crippen molar-refractivity contribution in [1.82, 2.24) is 0 Å². The third kappa shape index (κ3) is 1.61. The number of nitrogens with zero attached hydrogens (tertiary/aromatic N) is 1. The first kappa shape index (κ1) is 9.92. The Labute approximate surface area is 79.5 Å². The van der Waals surface area contributed by atoms with Gasteiger partial charge in [0.2, 0.25) is 0 Å². The van der Waals surface area contributed by atoms with Crippen LogP contribution in [0.1, 0.15) is 34.1 Å². The number of hydrogen-bond donors (Lipinski definition) is 0. The fourth-order valence-electron chi connectivity index (χ4n) is 2.20. The van der Waals surface area contributed by atoms with E-state index >= 15 is 0 Å². The second-order valence-electron chi connectivity index (χ2n) is 4.63. The van der Waals surface area contributed by atoms with E-state index in [9.17, 15) is 0 Å². The maximum atomic E-state index is 9.03. The molecule has 1 rings (SSSR count). The topological polar surface area (TPSA) is 23.8 Å². The van der Waals surface area contributed by atoms with Crippen molar-refractivity contribution >= 4 is 11.8 Å². The molecule has 0 saturated carbocycles. The van der Waals surface area contributed by atoms with Crippen molar-refractivity contribution in [2.75, 3.05) is 5.75 Å². The van der Waals surface area contributed by atoms with Crippen LogP contribution in [0.2, 0.25) is 0 Å². The molecule has 1 heterocycles. The summed E-state index contributed by atoms with van der Waals surface area (Å²) in [6.45, 7) is 8.64. The van der Waals surface area contributed by atoms with Crippen LogP contribution >= 0.6 is 11.8 Å². The van der Waals surface area contributed by atoms with Gasteiger partial charge in [0.1, 0.15) is 0 Å². The second kappa shape index (κ2) is 2.96. The van der Waals surface area contributed by atoms with Crippen LogP contribution in [0.5, 0.6) is 0 Å². The van der Waals surface area contributed by atoms with Crippen molar-refractivity contribution in [3.63, 3.8) is 0 Å². The highest BCUT2D eigenvalue weighted by Crippen LogP contribution is 2.50. The van der Waals surface area contributed by atoms with Gasteiger partial charge in [0, 0.05) is 4.75 Å². The average Bonchev–Trinajstić information content (AvgIpc) is 2.30. The van der Waals surface area contributed by atoms with E-state index in [0.717, 1.165) is 0 Å². The maximum Gasteiger partial charge on any atom is 0.0687 e. The Morgan fingerprint density at radius 3 is 2.42 bits per heavy atom. The molecule has 1 saturated heterocycles. The molecule has 1 atom stereocenters. The van der Waals surface area contributed by atoms with Gasteiger partial charge in [-0.15, -0.1) is 0 Å². The summed E-state index contributed by atoms with van der Waals surface area (Å²) in [5.74, 6) is 1.75. The first-order chi connectivity index (χ1) is 5.40. The SMILES string of the molecule is CC(C)(C#N)C1CCSC1(C)C. The van der Waals surface area contributed by atoms with Crippen LogP contribution in [0.4, 0.5) is 0 Å². The molecule has 68 valence electrons. The van der Waals surface area contributed by atoms with E-state index in [1.54, 1.807) is 0 Å². The second-order valence-corrected chi connectivity index (χ2v) is 6.38. The van der Waals surface area contributed by atoms with Crippen molar-refractivity contribution in [2.24, 2.45) is 11.3 Å². The Morgan fingerprint density at radius 1 is 1.50 bits per heavy atom. The van der Waals surface area contributed by atoms with Crippen LogP contribution in [-0.4, -0.2) is 10.5 Å². The molecule has 12 heavy (non-hydrogen) atoms. The third-order valence-electron chi connectivity index (χ3n) is 2.88. The fraction of sp³-hybridized carbons (Fsp3) is 0.900. The Kier molecular flexibility index (Phi) is 2.45. The largest absolute Gasteiger partial charge is 0.198 e. The van der Waals surface area contributed by atoms with Crippen LogP contribution in [0.3, 0.4) is 0 Å². The van der Waals surface area contributed by atoms with E-state index in [0.29, 0.717) is 10.7 Å². The molecule has 0 bridgehead atoms. The first-order valence-corrected chi connectivity index (χ1v) is 5.44. The van der Waals surface area contributed by atoms with Gasteiger partial charge in [-0.1, -0.05) is 13.8 Å².